The monoisotopic (exact) mass is 392 g/mol. The lowest BCUT2D eigenvalue weighted by molar-refractivity contribution is -0.137. The minimum Gasteiger partial charge on any atom is -0.346 e. The Hall–Kier alpha value is -0.560. The number of fused-ring (bicyclic) bond motifs is 2. The van der Waals surface area contributed by atoms with Crippen molar-refractivity contribution in [3.63, 3.8) is 0 Å². The van der Waals surface area contributed by atoms with Crippen LogP contribution in [-0.2, 0) is 4.79 Å². The molecule has 3 fully saturated rings. The molecule has 136 valence electrons. The van der Waals surface area contributed by atoms with Gasteiger partial charge in [0.2, 0.25) is 5.91 Å². The van der Waals surface area contributed by atoms with Crippen molar-refractivity contribution in [3.8, 4) is 0 Å². The second-order valence-electron chi connectivity index (χ2n) is 6.92. The molecular formula is C16H26Cl2N4OS. The van der Waals surface area contributed by atoms with Gasteiger partial charge < -0.3 is 15.5 Å². The van der Waals surface area contributed by atoms with Gasteiger partial charge in [-0.25, -0.2) is 4.98 Å². The lowest BCUT2D eigenvalue weighted by atomic mass is 9.84. The molecule has 1 amide bonds. The number of halogens is 2. The van der Waals surface area contributed by atoms with Crippen molar-refractivity contribution < 1.29 is 4.79 Å². The predicted octanol–water partition coefficient (Wildman–Crippen LogP) is 2.40. The van der Waals surface area contributed by atoms with Gasteiger partial charge >= 0.3 is 0 Å². The van der Waals surface area contributed by atoms with E-state index in [0.717, 1.165) is 37.7 Å². The number of carbonyl (C=O) groups excluding carboxylic acids is 1. The first-order valence-corrected chi connectivity index (χ1v) is 9.31. The van der Waals surface area contributed by atoms with E-state index in [1.165, 1.54) is 19.3 Å². The fourth-order valence-corrected chi connectivity index (χ4v) is 5.31. The standard InChI is InChI=1S/C16H24N4OS.2ClH/c17-14-12-3-2-11(10-12)13(14)15(21)19-5-1-6-20(8-7-19)16-18-4-9-22-16;;/h4,9,11-14H,1-3,5-8,10,17H2;2*1H. The van der Waals surface area contributed by atoms with E-state index in [9.17, 15) is 4.79 Å². The number of aromatic nitrogens is 1. The summed E-state index contributed by atoms with van der Waals surface area (Å²) in [5, 5.41) is 3.09. The van der Waals surface area contributed by atoms with Crippen LogP contribution in [0.5, 0.6) is 0 Å². The summed E-state index contributed by atoms with van der Waals surface area (Å²) >= 11 is 1.68. The molecule has 0 spiro atoms. The summed E-state index contributed by atoms with van der Waals surface area (Å²) in [5.74, 6) is 1.55. The molecule has 4 unspecified atom stereocenters. The van der Waals surface area contributed by atoms with Crippen LogP contribution in [0.2, 0.25) is 0 Å². The Balaban J connectivity index is 0.00000104. The Morgan fingerprint density at radius 3 is 2.62 bits per heavy atom. The molecule has 3 aliphatic rings. The van der Waals surface area contributed by atoms with Crippen LogP contribution >= 0.6 is 36.2 Å². The van der Waals surface area contributed by atoms with E-state index in [0.29, 0.717) is 17.7 Å². The number of thiazole rings is 1. The van der Waals surface area contributed by atoms with E-state index >= 15 is 0 Å². The first-order chi connectivity index (χ1) is 10.7. The van der Waals surface area contributed by atoms with Gasteiger partial charge in [0.05, 0.1) is 5.92 Å². The van der Waals surface area contributed by atoms with Gasteiger partial charge in [0.1, 0.15) is 0 Å². The summed E-state index contributed by atoms with van der Waals surface area (Å²) < 4.78 is 0. The Morgan fingerprint density at radius 2 is 1.96 bits per heavy atom. The second-order valence-corrected chi connectivity index (χ2v) is 7.79. The zero-order valence-electron chi connectivity index (χ0n) is 13.7. The average molecular weight is 393 g/mol. The minimum atomic E-state index is 0. The van der Waals surface area contributed by atoms with Crippen LogP contribution in [0, 0.1) is 17.8 Å². The molecule has 2 saturated carbocycles. The third-order valence-corrected chi connectivity index (χ3v) is 6.60. The second kappa shape index (κ2) is 8.21. The molecule has 1 aliphatic heterocycles. The number of nitrogens with zero attached hydrogens (tertiary/aromatic N) is 3. The average Bonchev–Trinajstić information content (AvgIpc) is 3.21. The maximum Gasteiger partial charge on any atom is 0.227 e. The van der Waals surface area contributed by atoms with Crippen molar-refractivity contribution >= 4 is 47.2 Å². The van der Waals surface area contributed by atoms with Crippen LogP contribution < -0.4 is 10.6 Å². The normalized spacial score (nSPS) is 32.0. The summed E-state index contributed by atoms with van der Waals surface area (Å²) in [4.78, 5) is 21.7. The minimum absolute atomic E-state index is 0. The highest BCUT2D eigenvalue weighted by Crippen LogP contribution is 2.48. The molecule has 5 nitrogen and oxygen atoms in total. The highest BCUT2D eigenvalue weighted by Gasteiger charge is 2.50. The van der Waals surface area contributed by atoms with Crippen LogP contribution in [0.25, 0.3) is 0 Å². The van der Waals surface area contributed by atoms with E-state index in [1.807, 2.05) is 11.6 Å². The van der Waals surface area contributed by atoms with Crippen molar-refractivity contribution in [2.45, 2.75) is 31.7 Å². The van der Waals surface area contributed by atoms with Crippen molar-refractivity contribution in [1.29, 1.82) is 0 Å². The zero-order chi connectivity index (χ0) is 15.1. The highest BCUT2D eigenvalue weighted by atomic mass is 35.5. The summed E-state index contributed by atoms with van der Waals surface area (Å²) in [7, 11) is 0. The summed E-state index contributed by atoms with van der Waals surface area (Å²) in [5.41, 5.74) is 6.35. The van der Waals surface area contributed by atoms with Crippen LogP contribution in [0.1, 0.15) is 25.7 Å². The number of carbonyl (C=O) groups is 1. The number of amides is 1. The van der Waals surface area contributed by atoms with Crippen molar-refractivity contribution in [3.05, 3.63) is 11.6 Å². The first kappa shape index (κ1) is 19.8. The van der Waals surface area contributed by atoms with Crippen molar-refractivity contribution in [2.24, 2.45) is 23.5 Å². The molecule has 8 heteroatoms. The van der Waals surface area contributed by atoms with Crippen molar-refractivity contribution in [2.75, 3.05) is 31.1 Å². The van der Waals surface area contributed by atoms with Gasteiger partial charge in [0, 0.05) is 43.8 Å². The number of nitrogens with two attached hydrogens (primary N) is 1. The maximum absolute atomic E-state index is 13.0. The van der Waals surface area contributed by atoms with E-state index in [-0.39, 0.29) is 36.8 Å². The lowest BCUT2D eigenvalue weighted by Gasteiger charge is -2.32. The largest absolute Gasteiger partial charge is 0.346 e. The van der Waals surface area contributed by atoms with E-state index < -0.39 is 0 Å². The molecule has 2 N–H and O–H groups in total. The Bertz CT molecular complexity index is 542. The fraction of sp³-hybridized carbons (Fsp3) is 0.750. The molecule has 24 heavy (non-hydrogen) atoms. The molecule has 1 aromatic heterocycles. The van der Waals surface area contributed by atoms with E-state index in [4.69, 9.17) is 5.73 Å². The molecule has 2 heterocycles. The number of hydrogen-bond acceptors (Lipinski definition) is 5. The molecular weight excluding hydrogens is 367 g/mol. The van der Waals surface area contributed by atoms with Gasteiger partial charge in [-0.2, -0.15) is 0 Å². The Kier molecular flexibility index (Phi) is 6.76. The quantitative estimate of drug-likeness (QED) is 0.838. The van der Waals surface area contributed by atoms with Crippen molar-refractivity contribution in [1.82, 2.24) is 9.88 Å². The van der Waals surface area contributed by atoms with Crippen LogP contribution in [0.15, 0.2) is 11.6 Å². The smallest absolute Gasteiger partial charge is 0.227 e. The Labute approximate surface area is 159 Å². The van der Waals surface area contributed by atoms with Gasteiger partial charge in [0.15, 0.2) is 5.13 Å². The number of anilines is 1. The summed E-state index contributed by atoms with van der Waals surface area (Å²) in [6.45, 7) is 3.54. The van der Waals surface area contributed by atoms with Crippen LogP contribution in [0.3, 0.4) is 0 Å². The molecule has 4 atom stereocenters. The number of rotatable bonds is 2. The maximum atomic E-state index is 13.0. The molecule has 1 saturated heterocycles. The van der Waals surface area contributed by atoms with Gasteiger partial charge in [-0.1, -0.05) is 0 Å². The third-order valence-electron chi connectivity index (χ3n) is 5.76. The summed E-state index contributed by atoms with van der Waals surface area (Å²) in [6, 6.07) is 0.101. The third kappa shape index (κ3) is 3.52. The zero-order valence-corrected chi connectivity index (χ0v) is 16.1. The molecule has 0 aromatic carbocycles. The lowest BCUT2D eigenvalue weighted by Crippen LogP contribution is -2.48. The molecule has 2 aliphatic carbocycles. The highest BCUT2D eigenvalue weighted by molar-refractivity contribution is 7.13. The molecule has 1 aromatic rings. The SMILES string of the molecule is Cl.Cl.NC1C2CCC(C2)C1C(=O)N1CCCN(c2nccs2)CC1. The van der Waals surface area contributed by atoms with Gasteiger partial charge in [-0.3, -0.25) is 4.79 Å². The van der Waals surface area contributed by atoms with E-state index in [2.05, 4.69) is 14.8 Å². The fourth-order valence-electron chi connectivity index (χ4n) is 4.61. The predicted molar refractivity (Wildman–Crippen MR) is 102 cm³/mol. The van der Waals surface area contributed by atoms with Crippen LogP contribution in [0.4, 0.5) is 5.13 Å². The van der Waals surface area contributed by atoms with Gasteiger partial charge in [-0.15, -0.1) is 36.2 Å². The van der Waals surface area contributed by atoms with Gasteiger partial charge in [-0.05, 0) is 37.5 Å². The molecule has 0 radical (unpaired) electrons. The Morgan fingerprint density at radius 1 is 1.17 bits per heavy atom. The summed E-state index contributed by atoms with van der Waals surface area (Å²) in [6.07, 6.45) is 6.47. The van der Waals surface area contributed by atoms with Gasteiger partial charge in [0.25, 0.3) is 0 Å². The number of hydrogen-bond donors (Lipinski definition) is 1. The topological polar surface area (TPSA) is 62.5 Å². The first-order valence-electron chi connectivity index (χ1n) is 8.43. The van der Waals surface area contributed by atoms with E-state index in [1.54, 1.807) is 11.3 Å². The van der Waals surface area contributed by atoms with Crippen LogP contribution in [-0.4, -0.2) is 48.0 Å². The molecule has 4 rings (SSSR count). The molecule has 2 bridgehead atoms.